The Labute approximate surface area is 151 Å². The average Bonchev–Trinajstić information content (AvgIpc) is 2.85. The summed E-state index contributed by atoms with van der Waals surface area (Å²) in [5.74, 6) is -1.47. The van der Waals surface area contributed by atoms with Crippen LogP contribution in [0, 0.1) is 12.8 Å². The van der Waals surface area contributed by atoms with E-state index in [2.05, 4.69) is 0 Å². The molecule has 0 heterocycles. The van der Waals surface area contributed by atoms with Gasteiger partial charge in [-0.25, -0.2) is 0 Å². The first-order valence-electron chi connectivity index (χ1n) is 8.48. The molecule has 0 N–H and O–H groups in total. The summed E-state index contributed by atoms with van der Waals surface area (Å²) in [6.45, 7) is 5.66. The fraction of sp³-hybridized carbons (Fsp3) is 0.286. The number of hydrogen-bond acceptors (Lipinski definition) is 5. The number of esters is 1. The van der Waals surface area contributed by atoms with E-state index >= 15 is 0 Å². The van der Waals surface area contributed by atoms with Gasteiger partial charge in [0.05, 0.1) is 5.92 Å². The molecule has 0 saturated heterocycles. The van der Waals surface area contributed by atoms with E-state index in [0.29, 0.717) is 12.4 Å². The first kappa shape index (κ1) is 17.9. The molecule has 1 aliphatic carbocycles. The third-order valence-corrected chi connectivity index (χ3v) is 4.23. The number of rotatable bonds is 5. The number of hydrogen-bond donors (Lipinski definition) is 0. The van der Waals surface area contributed by atoms with Crippen molar-refractivity contribution in [3.63, 3.8) is 0 Å². The predicted molar refractivity (Wildman–Crippen MR) is 95.3 cm³/mol. The van der Waals surface area contributed by atoms with Crippen LogP contribution in [-0.4, -0.2) is 23.6 Å². The Morgan fingerprint density at radius 1 is 1.00 bits per heavy atom. The second kappa shape index (κ2) is 7.12. The van der Waals surface area contributed by atoms with Crippen LogP contribution in [0.1, 0.15) is 45.7 Å². The summed E-state index contributed by atoms with van der Waals surface area (Å²) in [4.78, 5) is 36.6. The maximum absolute atomic E-state index is 12.5. The predicted octanol–water partition coefficient (Wildman–Crippen LogP) is 3.52. The van der Waals surface area contributed by atoms with Crippen molar-refractivity contribution in [3.8, 4) is 5.75 Å². The van der Waals surface area contributed by atoms with E-state index in [4.69, 9.17) is 9.47 Å². The Kier molecular flexibility index (Phi) is 4.89. The van der Waals surface area contributed by atoms with Crippen molar-refractivity contribution in [1.82, 2.24) is 0 Å². The van der Waals surface area contributed by atoms with E-state index in [1.165, 1.54) is 6.07 Å². The summed E-state index contributed by atoms with van der Waals surface area (Å²) in [6.07, 6.45) is -1.38. The van der Waals surface area contributed by atoms with Crippen molar-refractivity contribution in [2.24, 2.45) is 5.92 Å². The summed E-state index contributed by atoms with van der Waals surface area (Å²) in [5.41, 5.74) is 2.66. The molecule has 1 unspecified atom stereocenters. The van der Waals surface area contributed by atoms with Crippen molar-refractivity contribution in [3.05, 3.63) is 64.7 Å². The molecule has 26 heavy (non-hydrogen) atoms. The lowest BCUT2D eigenvalue weighted by Gasteiger charge is -2.10. The number of ether oxygens (including phenoxy) is 2. The Morgan fingerprint density at radius 3 is 2.31 bits per heavy atom. The molecule has 0 amide bonds. The summed E-state index contributed by atoms with van der Waals surface area (Å²) in [7, 11) is 0. The summed E-state index contributed by atoms with van der Waals surface area (Å²) >= 11 is 0. The highest BCUT2D eigenvalue weighted by atomic mass is 16.6. The minimum Gasteiger partial charge on any atom is -0.489 e. The molecule has 0 fully saturated rings. The molecule has 134 valence electrons. The van der Waals surface area contributed by atoms with Crippen LogP contribution in [0.3, 0.4) is 0 Å². The zero-order valence-corrected chi connectivity index (χ0v) is 14.9. The lowest BCUT2D eigenvalue weighted by atomic mass is 10.1. The van der Waals surface area contributed by atoms with Gasteiger partial charge in [0.15, 0.2) is 0 Å². The first-order valence-corrected chi connectivity index (χ1v) is 8.48. The van der Waals surface area contributed by atoms with Crippen molar-refractivity contribution in [1.29, 1.82) is 0 Å². The number of aryl methyl sites for hydroxylation is 1. The molecule has 2 aromatic carbocycles. The zero-order chi connectivity index (χ0) is 18.8. The van der Waals surface area contributed by atoms with Gasteiger partial charge < -0.3 is 9.47 Å². The molecule has 0 bridgehead atoms. The summed E-state index contributed by atoms with van der Waals surface area (Å²) in [5, 5.41) is 0. The standard InChI is InChI=1S/C21H20O5/c1-12(2)21(24)26-20-18(22)16-9-8-15(10-17(16)19(20)23)25-11-14-6-4-13(3)5-7-14/h4-10,12,20H,11H2,1-3H3. The summed E-state index contributed by atoms with van der Waals surface area (Å²) in [6, 6.07) is 12.7. The monoisotopic (exact) mass is 352 g/mol. The second-order valence-electron chi connectivity index (χ2n) is 6.68. The van der Waals surface area contributed by atoms with Crippen molar-refractivity contribution < 1.29 is 23.9 Å². The van der Waals surface area contributed by atoms with Gasteiger partial charge in [-0.2, -0.15) is 0 Å². The molecule has 5 nitrogen and oxygen atoms in total. The van der Waals surface area contributed by atoms with Crippen molar-refractivity contribution >= 4 is 17.5 Å². The summed E-state index contributed by atoms with van der Waals surface area (Å²) < 4.78 is 10.8. The maximum atomic E-state index is 12.5. The number of fused-ring (bicyclic) bond motifs is 1. The molecule has 2 aromatic rings. The van der Waals surface area contributed by atoms with Gasteiger partial charge in [-0.3, -0.25) is 14.4 Å². The number of carbonyl (C=O) groups excluding carboxylic acids is 3. The van der Waals surface area contributed by atoms with Crippen LogP contribution in [-0.2, 0) is 16.1 Å². The van der Waals surface area contributed by atoms with Crippen LogP contribution in [0.4, 0.5) is 0 Å². The topological polar surface area (TPSA) is 69.7 Å². The lowest BCUT2D eigenvalue weighted by Crippen LogP contribution is -2.30. The van der Waals surface area contributed by atoms with Crippen LogP contribution < -0.4 is 4.74 Å². The molecule has 0 aromatic heterocycles. The molecular formula is C21H20O5. The van der Waals surface area contributed by atoms with Gasteiger partial charge in [0, 0.05) is 11.1 Å². The minimum absolute atomic E-state index is 0.234. The fourth-order valence-corrected chi connectivity index (χ4v) is 2.64. The van der Waals surface area contributed by atoms with Gasteiger partial charge >= 0.3 is 5.97 Å². The molecule has 5 heteroatoms. The number of benzene rings is 2. The lowest BCUT2D eigenvalue weighted by molar-refractivity contribution is -0.148. The molecular weight excluding hydrogens is 332 g/mol. The van der Waals surface area contributed by atoms with Crippen LogP contribution in [0.2, 0.25) is 0 Å². The Bertz CT molecular complexity index is 864. The van der Waals surface area contributed by atoms with Gasteiger partial charge in [-0.15, -0.1) is 0 Å². The van der Waals surface area contributed by atoms with E-state index < -0.39 is 29.6 Å². The zero-order valence-electron chi connectivity index (χ0n) is 14.9. The Hall–Kier alpha value is -2.95. The van der Waals surface area contributed by atoms with Gasteiger partial charge in [-0.05, 0) is 30.7 Å². The molecule has 1 aliphatic rings. The smallest absolute Gasteiger partial charge is 0.309 e. The van der Waals surface area contributed by atoms with Crippen LogP contribution in [0.5, 0.6) is 5.75 Å². The van der Waals surface area contributed by atoms with Gasteiger partial charge in [0.1, 0.15) is 12.4 Å². The normalized spacial score (nSPS) is 15.9. The number of Topliss-reactive ketones (excluding diaryl/α,β-unsaturated/α-hetero) is 2. The Balaban J connectivity index is 1.74. The third-order valence-electron chi connectivity index (χ3n) is 4.23. The largest absolute Gasteiger partial charge is 0.489 e. The molecule has 0 aliphatic heterocycles. The highest BCUT2D eigenvalue weighted by molar-refractivity contribution is 6.29. The SMILES string of the molecule is Cc1ccc(COc2ccc3c(c2)C(=O)C(OC(=O)C(C)C)C3=O)cc1. The number of carbonyl (C=O) groups is 3. The second-order valence-corrected chi connectivity index (χ2v) is 6.68. The van der Waals surface area contributed by atoms with E-state index in [1.807, 2.05) is 31.2 Å². The quantitative estimate of drug-likeness (QED) is 0.608. The highest BCUT2D eigenvalue weighted by Gasteiger charge is 2.42. The molecule has 0 saturated carbocycles. The van der Waals surface area contributed by atoms with Crippen LogP contribution in [0.15, 0.2) is 42.5 Å². The number of ketones is 2. The van der Waals surface area contributed by atoms with E-state index in [9.17, 15) is 14.4 Å². The Morgan fingerprint density at radius 2 is 1.65 bits per heavy atom. The first-order chi connectivity index (χ1) is 12.4. The van der Waals surface area contributed by atoms with Gasteiger partial charge in [-0.1, -0.05) is 43.7 Å². The molecule has 0 spiro atoms. The van der Waals surface area contributed by atoms with Crippen LogP contribution >= 0.6 is 0 Å². The van der Waals surface area contributed by atoms with Crippen LogP contribution in [0.25, 0.3) is 0 Å². The van der Waals surface area contributed by atoms with Gasteiger partial charge in [0.25, 0.3) is 0 Å². The van der Waals surface area contributed by atoms with E-state index in [-0.39, 0.29) is 11.1 Å². The minimum atomic E-state index is -1.38. The van der Waals surface area contributed by atoms with Crippen molar-refractivity contribution in [2.45, 2.75) is 33.5 Å². The fourth-order valence-electron chi connectivity index (χ4n) is 2.64. The molecule has 1 atom stereocenters. The average molecular weight is 352 g/mol. The molecule has 0 radical (unpaired) electrons. The van der Waals surface area contributed by atoms with Gasteiger partial charge in [0.2, 0.25) is 17.7 Å². The maximum Gasteiger partial charge on any atom is 0.309 e. The van der Waals surface area contributed by atoms with E-state index in [0.717, 1.165) is 11.1 Å². The highest BCUT2D eigenvalue weighted by Crippen LogP contribution is 2.29. The molecule has 3 rings (SSSR count). The van der Waals surface area contributed by atoms with Crippen molar-refractivity contribution in [2.75, 3.05) is 0 Å². The van der Waals surface area contributed by atoms with E-state index in [1.54, 1.807) is 26.0 Å². The third kappa shape index (κ3) is 3.52.